The van der Waals surface area contributed by atoms with Crippen LogP contribution in [0.3, 0.4) is 0 Å². The van der Waals surface area contributed by atoms with Gasteiger partial charge in [-0.1, -0.05) is 38.8 Å². The topological polar surface area (TPSA) is 63.6 Å². The summed E-state index contributed by atoms with van der Waals surface area (Å²) < 4.78 is 36.0. The van der Waals surface area contributed by atoms with E-state index in [0.717, 1.165) is 44.3 Å². The Balaban J connectivity index is 2.73. The predicted octanol–water partition coefficient (Wildman–Crippen LogP) is 4.03. The van der Waals surface area contributed by atoms with Crippen LogP contribution in [0.15, 0.2) is 18.2 Å². The fraction of sp³-hybridized carbons (Fsp3) is 0.647. The minimum Gasteiger partial charge on any atom is -0.493 e. The van der Waals surface area contributed by atoms with Crippen LogP contribution in [-0.4, -0.2) is 25.3 Å². The lowest BCUT2D eigenvalue weighted by Gasteiger charge is -2.15. The van der Waals surface area contributed by atoms with Gasteiger partial charge in [0.2, 0.25) is 0 Å². The van der Waals surface area contributed by atoms with Crippen LogP contribution in [0.5, 0.6) is 5.75 Å². The van der Waals surface area contributed by atoms with E-state index in [2.05, 4.69) is 19.9 Å². The summed E-state index contributed by atoms with van der Waals surface area (Å²) in [5.41, 5.74) is 2.59. The van der Waals surface area contributed by atoms with Gasteiger partial charge in [0.15, 0.2) is 0 Å². The molecule has 126 valence electrons. The lowest BCUT2D eigenvalue weighted by molar-refractivity contribution is 0.312. The standard InChI is InChI=1S/C17H28O4S/c1-3-5-9-15-10-7-12-17(16(15)11-6-4-2)21-13-8-14-22(18,19)20/h7,10,12H,3-6,8-9,11,13-14H2,1-2H3,(H,18,19,20). The molecule has 1 aromatic rings. The molecule has 22 heavy (non-hydrogen) atoms. The third kappa shape index (κ3) is 7.27. The summed E-state index contributed by atoms with van der Waals surface area (Å²) >= 11 is 0. The van der Waals surface area contributed by atoms with Gasteiger partial charge in [0, 0.05) is 0 Å². The molecule has 0 fully saturated rings. The van der Waals surface area contributed by atoms with Crippen molar-refractivity contribution in [3.05, 3.63) is 29.3 Å². The van der Waals surface area contributed by atoms with Crippen LogP contribution in [0, 0.1) is 0 Å². The van der Waals surface area contributed by atoms with Crippen molar-refractivity contribution in [2.75, 3.05) is 12.4 Å². The summed E-state index contributed by atoms with van der Waals surface area (Å²) in [5.74, 6) is 0.602. The van der Waals surface area contributed by atoms with Gasteiger partial charge in [0.1, 0.15) is 5.75 Å². The smallest absolute Gasteiger partial charge is 0.264 e. The van der Waals surface area contributed by atoms with E-state index >= 15 is 0 Å². The van der Waals surface area contributed by atoms with Crippen LogP contribution in [0.1, 0.15) is 57.1 Å². The fourth-order valence-corrected chi connectivity index (χ4v) is 2.89. The van der Waals surface area contributed by atoms with Gasteiger partial charge in [0.05, 0.1) is 12.4 Å². The second-order valence-electron chi connectivity index (χ2n) is 5.59. The molecule has 0 unspecified atom stereocenters. The van der Waals surface area contributed by atoms with Gasteiger partial charge in [0.25, 0.3) is 10.1 Å². The van der Waals surface area contributed by atoms with E-state index in [0.29, 0.717) is 13.0 Å². The van der Waals surface area contributed by atoms with Crippen molar-refractivity contribution < 1.29 is 17.7 Å². The second-order valence-corrected chi connectivity index (χ2v) is 7.16. The molecule has 0 bridgehead atoms. The largest absolute Gasteiger partial charge is 0.493 e. The zero-order valence-corrected chi connectivity index (χ0v) is 14.5. The van der Waals surface area contributed by atoms with Crippen LogP contribution < -0.4 is 4.74 Å². The average Bonchev–Trinajstić information content (AvgIpc) is 2.47. The molecule has 0 atom stereocenters. The van der Waals surface area contributed by atoms with E-state index < -0.39 is 10.1 Å². The van der Waals surface area contributed by atoms with Gasteiger partial charge in [-0.15, -0.1) is 0 Å². The highest BCUT2D eigenvalue weighted by Gasteiger charge is 2.10. The zero-order valence-electron chi connectivity index (χ0n) is 13.7. The number of benzene rings is 1. The Hall–Kier alpha value is -1.07. The van der Waals surface area contributed by atoms with Gasteiger partial charge in [-0.25, -0.2) is 0 Å². The van der Waals surface area contributed by atoms with Crippen molar-refractivity contribution in [1.29, 1.82) is 0 Å². The highest BCUT2D eigenvalue weighted by atomic mass is 32.2. The van der Waals surface area contributed by atoms with Crippen LogP contribution in [0.25, 0.3) is 0 Å². The van der Waals surface area contributed by atoms with E-state index in [-0.39, 0.29) is 5.75 Å². The van der Waals surface area contributed by atoms with E-state index in [1.165, 1.54) is 11.1 Å². The molecule has 4 nitrogen and oxygen atoms in total. The first kappa shape index (κ1) is 19.0. The number of rotatable bonds is 11. The molecule has 0 saturated heterocycles. The summed E-state index contributed by atoms with van der Waals surface area (Å²) in [6.07, 6.45) is 6.90. The number of hydrogen-bond donors (Lipinski definition) is 1. The number of aryl methyl sites for hydroxylation is 1. The third-order valence-electron chi connectivity index (χ3n) is 3.61. The third-order valence-corrected chi connectivity index (χ3v) is 4.42. The van der Waals surface area contributed by atoms with Crippen LogP contribution >= 0.6 is 0 Å². The summed E-state index contributed by atoms with van der Waals surface area (Å²) in [6.45, 7) is 4.65. The fourth-order valence-electron chi connectivity index (χ4n) is 2.41. The first-order valence-electron chi connectivity index (χ1n) is 8.16. The molecule has 0 aliphatic heterocycles. The second kappa shape index (κ2) is 9.85. The molecule has 1 rings (SSSR count). The minimum atomic E-state index is -3.90. The summed E-state index contributed by atoms with van der Waals surface area (Å²) in [5, 5.41) is 0. The molecule has 0 aliphatic rings. The van der Waals surface area contributed by atoms with Crippen LogP contribution in [0.4, 0.5) is 0 Å². The minimum absolute atomic E-state index is 0.257. The molecule has 0 amide bonds. The molecule has 0 radical (unpaired) electrons. The van der Waals surface area contributed by atoms with Crippen molar-refractivity contribution in [3.63, 3.8) is 0 Å². The van der Waals surface area contributed by atoms with Crippen molar-refractivity contribution in [3.8, 4) is 5.75 Å². The van der Waals surface area contributed by atoms with Gasteiger partial charge in [-0.3, -0.25) is 4.55 Å². The average molecular weight is 328 g/mol. The SMILES string of the molecule is CCCCc1cccc(OCCCS(=O)(=O)O)c1CCCC. The van der Waals surface area contributed by atoms with Gasteiger partial charge < -0.3 is 4.74 Å². The Labute approximate surface area is 134 Å². The highest BCUT2D eigenvalue weighted by molar-refractivity contribution is 7.85. The molecule has 0 aromatic heterocycles. The van der Waals surface area contributed by atoms with Crippen molar-refractivity contribution >= 4 is 10.1 Å². The van der Waals surface area contributed by atoms with Gasteiger partial charge in [-0.05, 0) is 49.3 Å². The molecular weight excluding hydrogens is 300 g/mol. The molecule has 0 spiro atoms. The Morgan fingerprint density at radius 2 is 1.73 bits per heavy atom. The quantitative estimate of drug-likeness (QED) is 0.492. The maximum atomic E-state index is 10.7. The van der Waals surface area contributed by atoms with Crippen molar-refractivity contribution in [2.45, 2.75) is 58.8 Å². The maximum Gasteiger partial charge on any atom is 0.264 e. The number of ether oxygens (including phenoxy) is 1. The lowest BCUT2D eigenvalue weighted by atomic mass is 9.97. The number of hydrogen-bond acceptors (Lipinski definition) is 3. The Bertz CT molecular complexity index is 538. The summed E-state index contributed by atoms with van der Waals surface area (Å²) in [7, 11) is -3.90. The molecule has 1 N–H and O–H groups in total. The molecule has 0 saturated carbocycles. The Morgan fingerprint density at radius 1 is 1.05 bits per heavy atom. The molecule has 1 aromatic carbocycles. The number of unbranched alkanes of at least 4 members (excludes halogenated alkanes) is 2. The summed E-state index contributed by atoms with van der Waals surface area (Å²) in [6, 6.07) is 6.11. The Kier molecular flexibility index (Phi) is 8.49. The molecule has 0 aliphatic carbocycles. The van der Waals surface area contributed by atoms with Crippen molar-refractivity contribution in [2.24, 2.45) is 0 Å². The monoisotopic (exact) mass is 328 g/mol. The first-order valence-corrected chi connectivity index (χ1v) is 9.77. The normalized spacial score (nSPS) is 11.6. The van der Waals surface area contributed by atoms with Crippen molar-refractivity contribution in [1.82, 2.24) is 0 Å². The van der Waals surface area contributed by atoms with E-state index in [9.17, 15) is 8.42 Å². The van der Waals surface area contributed by atoms with Gasteiger partial charge >= 0.3 is 0 Å². The molecule has 0 heterocycles. The highest BCUT2D eigenvalue weighted by Crippen LogP contribution is 2.26. The molecular formula is C17H28O4S. The van der Waals surface area contributed by atoms with E-state index in [1.807, 2.05) is 12.1 Å². The summed E-state index contributed by atoms with van der Waals surface area (Å²) in [4.78, 5) is 0. The van der Waals surface area contributed by atoms with Crippen LogP contribution in [-0.2, 0) is 23.0 Å². The van der Waals surface area contributed by atoms with Gasteiger partial charge in [-0.2, -0.15) is 8.42 Å². The Morgan fingerprint density at radius 3 is 2.36 bits per heavy atom. The lowest BCUT2D eigenvalue weighted by Crippen LogP contribution is -2.09. The van der Waals surface area contributed by atoms with E-state index in [1.54, 1.807) is 0 Å². The van der Waals surface area contributed by atoms with E-state index in [4.69, 9.17) is 9.29 Å². The molecule has 5 heteroatoms. The predicted molar refractivity (Wildman–Crippen MR) is 90.2 cm³/mol. The zero-order chi connectivity index (χ0) is 16.4. The maximum absolute atomic E-state index is 10.7. The first-order chi connectivity index (χ1) is 10.5. The van der Waals surface area contributed by atoms with Crippen LogP contribution in [0.2, 0.25) is 0 Å².